The highest BCUT2D eigenvalue weighted by Gasteiger charge is 2.34. The molecule has 0 radical (unpaired) electrons. The number of nitrogens with two attached hydrogens (primary N) is 1. The summed E-state index contributed by atoms with van der Waals surface area (Å²) in [7, 11) is 0. The van der Waals surface area contributed by atoms with E-state index in [-0.39, 0.29) is 5.41 Å². The lowest BCUT2D eigenvalue weighted by Gasteiger charge is -2.29. The minimum atomic E-state index is 0.245. The first kappa shape index (κ1) is 15.1. The number of hydrogen-bond acceptors (Lipinski definition) is 1. The average Bonchev–Trinajstić information content (AvgIpc) is 2.92. The van der Waals surface area contributed by atoms with Crippen LogP contribution in [0.4, 0.5) is 0 Å². The van der Waals surface area contributed by atoms with Crippen LogP contribution in [-0.4, -0.2) is 6.54 Å². The Bertz CT molecular complexity index is 417. The van der Waals surface area contributed by atoms with E-state index >= 15 is 0 Å². The van der Waals surface area contributed by atoms with Crippen LogP contribution in [0.1, 0.15) is 69.4 Å². The van der Waals surface area contributed by atoms with Gasteiger partial charge in [0.25, 0.3) is 0 Å². The van der Waals surface area contributed by atoms with Gasteiger partial charge < -0.3 is 5.73 Å². The van der Waals surface area contributed by atoms with Crippen LogP contribution in [0.3, 0.4) is 0 Å². The standard InChI is InChI=1S/C17H26BrN/c1-3-13(4-2)15-8-7-14(11-16(15)18)17(12-19)9-5-6-10-17/h7-8,11,13H,3-6,9-10,12,19H2,1-2H3. The van der Waals surface area contributed by atoms with Gasteiger partial charge in [0, 0.05) is 16.4 Å². The second-order valence-corrected chi connectivity index (χ2v) is 6.80. The quantitative estimate of drug-likeness (QED) is 0.799. The fourth-order valence-electron chi connectivity index (χ4n) is 3.58. The third-order valence-electron chi connectivity index (χ3n) is 4.99. The Morgan fingerprint density at radius 3 is 2.32 bits per heavy atom. The van der Waals surface area contributed by atoms with E-state index in [2.05, 4.69) is 48.0 Å². The number of rotatable bonds is 5. The summed E-state index contributed by atoms with van der Waals surface area (Å²) in [6.45, 7) is 5.32. The first-order chi connectivity index (χ1) is 9.16. The highest BCUT2D eigenvalue weighted by Crippen LogP contribution is 2.42. The molecule has 0 amide bonds. The minimum Gasteiger partial charge on any atom is -0.330 e. The summed E-state index contributed by atoms with van der Waals surface area (Å²) in [6, 6.07) is 7.00. The molecule has 0 saturated heterocycles. The monoisotopic (exact) mass is 323 g/mol. The zero-order valence-corrected chi connectivity index (χ0v) is 13.8. The number of halogens is 1. The van der Waals surface area contributed by atoms with Gasteiger partial charge in [0.1, 0.15) is 0 Å². The van der Waals surface area contributed by atoms with Gasteiger partial charge in [-0.15, -0.1) is 0 Å². The van der Waals surface area contributed by atoms with Gasteiger partial charge in [0.05, 0.1) is 0 Å². The molecule has 0 heterocycles. The predicted molar refractivity (Wildman–Crippen MR) is 86.7 cm³/mol. The molecule has 1 aliphatic rings. The van der Waals surface area contributed by atoms with Crippen molar-refractivity contribution in [1.29, 1.82) is 0 Å². The first-order valence-corrected chi connectivity index (χ1v) is 8.46. The Morgan fingerprint density at radius 1 is 1.21 bits per heavy atom. The lowest BCUT2D eigenvalue weighted by atomic mass is 9.78. The molecule has 0 bridgehead atoms. The van der Waals surface area contributed by atoms with Crippen LogP contribution in [0.25, 0.3) is 0 Å². The van der Waals surface area contributed by atoms with Crippen LogP contribution in [0.2, 0.25) is 0 Å². The zero-order chi connectivity index (χ0) is 13.9. The molecule has 1 aliphatic carbocycles. The second-order valence-electron chi connectivity index (χ2n) is 5.94. The van der Waals surface area contributed by atoms with Crippen molar-refractivity contribution in [3.05, 3.63) is 33.8 Å². The molecule has 0 unspecified atom stereocenters. The molecular formula is C17H26BrN. The van der Waals surface area contributed by atoms with Gasteiger partial charge in [-0.2, -0.15) is 0 Å². The van der Waals surface area contributed by atoms with E-state index in [1.165, 1.54) is 54.1 Å². The molecule has 0 aliphatic heterocycles. The van der Waals surface area contributed by atoms with Crippen LogP contribution < -0.4 is 5.73 Å². The third kappa shape index (κ3) is 2.90. The second kappa shape index (κ2) is 6.41. The topological polar surface area (TPSA) is 26.0 Å². The van der Waals surface area contributed by atoms with Crippen molar-refractivity contribution >= 4 is 15.9 Å². The predicted octanol–water partition coefficient (Wildman–Crippen LogP) is 5.12. The van der Waals surface area contributed by atoms with Crippen molar-refractivity contribution in [2.45, 2.75) is 63.7 Å². The van der Waals surface area contributed by atoms with Crippen LogP contribution in [0, 0.1) is 0 Å². The molecule has 2 rings (SSSR count). The SMILES string of the molecule is CCC(CC)c1ccc(C2(CN)CCCC2)cc1Br. The van der Waals surface area contributed by atoms with E-state index in [1.54, 1.807) is 0 Å². The molecule has 0 spiro atoms. The van der Waals surface area contributed by atoms with Crippen molar-refractivity contribution < 1.29 is 0 Å². The van der Waals surface area contributed by atoms with Gasteiger partial charge in [-0.05, 0) is 48.8 Å². The molecule has 1 saturated carbocycles. The first-order valence-electron chi connectivity index (χ1n) is 7.67. The molecule has 1 aromatic rings. The lowest BCUT2D eigenvalue weighted by molar-refractivity contribution is 0.452. The Balaban J connectivity index is 2.32. The van der Waals surface area contributed by atoms with E-state index < -0.39 is 0 Å². The number of benzene rings is 1. The Labute approximate surface area is 126 Å². The summed E-state index contributed by atoms with van der Waals surface area (Å²) in [5.74, 6) is 0.667. The van der Waals surface area contributed by atoms with Crippen molar-refractivity contribution in [1.82, 2.24) is 0 Å². The molecule has 2 heteroatoms. The maximum absolute atomic E-state index is 6.09. The van der Waals surface area contributed by atoms with E-state index in [0.717, 1.165) is 6.54 Å². The van der Waals surface area contributed by atoms with Crippen molar-refractivity contribution in [3.63, 3.8) is 0 Å². The zero-order valence-electron chi connectivity index (χ0n) is 12.2. The van der Waals surface area contributed by atoms with E-state index in [0.29, 0.717) is 5.92 Å². The average molecular weight is 324 g/mol. The summed E-state index contributed by atoms with van der Waals surface area (Å²) in [5, 5.41) is 0. The maximum atomic E-state index is 6.09. The van der Waals surface area contributed by atoms with Crippen LogP contribution in [0.5, 0.6) is 0 Å². The molecular weight excluding hydrogens is 298 g/mol. The van der Waals surface area contributed by atoms with Gasteiger partial charge in [0.15, 0.2) is 0 Å². The summed E-state index contributed by atoms with van der Waals surface area (Å²) in [4.78, 5) is 0. The van der Waals surface area contributed by atoms with Crippen LogP contribution in [-0.2, 0) is 5.41 Å². The van der Waals surface area contributed by atoms with E-state index in [1.807, 2.05) is 0 Å². The highest BCUT2D eigenvalue weighted by molar-refractivity contribution is 9.10. The fourth-order valence-corrected chi connectivity index (χ4v) is 4.28. The summed E-state index contributed by atoms with van der Waals surface area (Å²) < 4.78 is 1.28. The smallest absolute Gasteiger partial charge is 0.0213 e. The fraction of sp³-hybridized carbons (Fsp3) is 0.647. The number of hydrogen-bond donors (Lipinski definition) is 1. The minimum absolute atomic E-state index is 0.245. The molecule has 19 heavy (non-hydrogen) atoms. The summed E-state index contributed by atoms with van der Waals surface area (Å²) >= 11 is 3.79. The Hall–Kier alpha value is -0.340. The Morgan fingerprint density at radius 2 is 1.84 bits per heavy atom. The molecule has 1 aromatic carbocycles. The molecule has 2 N–H and O–H groups in total. The van der Waals surface area contributed by atoms with Gasteiger partial charge in [-0.1, -0.05) is 54.8 Å². The van der Waals surface area contributed by atoms with Crippen molar-refractivity contribution in [3.8, 4) is 0 Å². The Kier molecular flexibility index (Phi) is 5.08. The lowest BCUT2D eigenvalue weighted by Crippen LogP contribution is -2.32. The van der Waals surface area contributed by atoms with E-state index in [9.17, 15) is 0 Å². The highest BCUT2D eigenvalue weighted by atomic mass is 79.9. The third-order valence-corrected chi connectivity index (χ3v) is 5.68. The summed E-state index contributed by atoms with van der Waals surface area (Å²) in [5.41, 5.74) is 9.23. The van der Waals surface area contributed by atoms with Crippen LogP contribution in [0.15, 0.2) is 22.7 Å². The molecule has 106 valence electrons. The molecule has 0 atom stereocenters. The molecule has 0 aromatic heterocycles. The van der Waals surface area contributed by atoms with Crippen molar-refractivity contribution in [2.75, 3.05) is 6.54 Å². The van der Waals surface area contributed by atoms with Gasteiger partial charge in [-0.3, -0.25) is 0 Å². The molecule has 1 nitrogen and oxygen atoms in total. The van der Waals surface area contributed by atoms with Crippen LogP contribution >= 0.6 is 15.9 Å². The van der Waals surface area contributed by atoms with E-state index in [4.69, 9.17) is 5.73 Å². The van der Waals surface area contributed by atoms with Gasteiger partial charge in [-0.25, -0.2) is 0 Å². The molecule has 1 fully saturated rings. The van der Waals surface area contributed by atoms with Gasteiger partial charge in [0.2, 0.25) is 0 Å². The normalized spacial score (nSPS) is 18.2. The summed E-state index contributed by atoms with van der Waals surface area (Å²) in [6.07, 6.45) is 7.56. The van der Waals surface area contributed by atoms with Gasteiger partial charge >= 0.3 is 0 Å². The maximum Gasteiger partial charge on any atom is 0.0213 e. The largest absolute Gasteiger partial charge is 0.330 e. The van der Waals surface area contributed by atoms with Crippen molar-refractivity contribution in [2.24, 2.45) is 5.73 Å².